The molecule has 5 rings (SSSR count). The van der Waals surface area contributed by atoms with Crippen LogP contribution in [-0.4, -0.2) is 39.1 Å². The Bertz CT molecular complexity index is 952. The van der Waals surface area contributed by atoms with Gasteiger partial charge in [-0.3, -0.25) is 0 Å². The third-order valence-electron chi connectivity index (χ3n) is 5.91. The van der Waals surface area contributed by atoms with Crippen molar-refractivity contribution in [2.24, 2.45) is 5.92 Å². The fourth-order valence-corrected chi connectivity index (χ4v) is 4.32. The number of anilines is 2. The summed E-state index contributed by atoms with van der Waals surface area (Å²) in [5.41, 5.74) is 16.0. The van der Waals surface area contributed by atoms with E-state index in [0.29, 0.717) is 11.9 Å². The predicted octanol–water partition coefficient (Wildman–Crippen LogP) is 2.92. The Morgan fingerprint density at radius 2 is 1.96 bits per heavy atom. The molecule has 2 fully saturated rings. The highest BCUT2D eigenvalue weighted by Crippen LogP contribution is 2.43. The van der Waals surface area contributed by atoms with Crippen LogP contribution in [0.3, 0.4) is 0 Å². The molecule has 6 heteroatoms. The molecule has 1 saturated carbocycles. The first kappa shape index (κ1) is 15.6. The maximum Gasteiger partial charge on any atom is 0.146 e. The standard InChI is InChI=1S/C20H24N6/c21-15-4-1-3-14(9-15)17-11-26(20-18(17)19(22)23-12-24-20)16-7-13(8-16)10-25-5-2-6-25/h1,3-4,9,11-13,16H,2,5-8,10,21H2,(H2,22,23,24). The van der Waals surface area contributed by atoms with Crippen LogP contribution < -0.4 is 11.5 Å². The monoisotopic (exact) mass is 348 g/mol. The van der Waals surface area contributed by atoms with E-state index in [2.05, 4.69) is 31.7 Å². The molecular formula is C20H24N6. The van der Waals surface area contributed by atoms with Gasteiger partial charge in [0.1, 0.15) is 17.8 Å². The number of likely N-dealkylation sites (tertiary alicyclic amines) is 1. The molecule has 4 N–H and O–H groups in total. The molecule has 0 bridgehead atoms. The lowest BCUT2D eigenvalue weighted by Crippen LogP contribution is -2.43. The largest absolute Gasteiger partial charge is 0.399 e. The van der Waals surface area contributed by atoms with Crippen molar-refractivity contribution in [3.63, 3.8) is 0 Å². The summed E-state index contributed by atoms with van der Waals surface area (Å²) in [5, 5.41) is 0.935. The molecule has 0 unspecified atom stereocenters. The number of hydrogen-bond donors (Lipinski definition) is 2. The first-order chi connectivity index (χ1) is 12.7. The van der Waals surface area contributed by atoms with Gasteiger partial charge in [-0.05, 0) is 56.0 Å². The molecule has 134 valence electrons. The van der Waals surface area contributed by atoms with E-state index in [1.54, 1.807) is 6.33 Å². The molecule has 3 heterocycles. The summed E-state index contributed by atoms with van der Waals surface area (Å²) in [4.78, 5) is 11.3. The average molecular weight is 348 g/mol. The second-order valence-electron chi connectivity index (χ2n) is 7.68. The highest BCUT2D eigenvalue weighted by Gasteiger charge is 2.34. The number of nitrogen functional groups attached to an aromatic ring is 2. The smallest absolute Gasteiger partial charge is 0.146 e. The molecule has 1 aliphatic heterocycles. The Kier molecular flexibility index (Phi) is 3.60. The molecule has 0 atom stereocenters. The maximum atomic E-state index is 6.22. The molecule has 1 aromatic carbocycles. The second-order valence-corrected chi connectivity index (χ2v) is 7.68. The van der Waals surface area contributed by atoms with E-state index in [9.17, 15) is 0 Å². The van der Waals surface area contributed by atoms with Crippen molar-refractivity contribution >= 4 is 22.5 Å². The molecule has 2 aromatic heterocycles. The molecule has 6 nitrogen and oxygen atoms in total. The van der Waals surface area contributed by atoms with Crippen LogP contribution in [0.5, 0.6) is 0 Å². The van der Waals surface area contributed by atoms with E-state index < -0.39 is 0 Å². The normalized spacial score (nSPS) is 22.9. The Morgan fingerprint density at radius 1 is 1.12 bits per heavy atom. The SMILES string of the molecule is Nc1cccc(-c2cn(C3CC(CN4CCC4)C3)c3ncnc(N)c23)c1. The van der Waals surface area contributed by atoms with Gasteiger partial charge in [-0.1, -0.05) is 12.1 Å². The van der Waals surface area contributed by atoms with Gasteiger partial charge in [-0.2, -0.15) is 0 Å². The van der Waals surface area contributed by atoms with E-state index in [-0.39, 0.29) is 0 Å². The van der Waals surface area contributed by atoms with Crippen LogP contribution in [-0.2, 0) is 0 Å². The van der Waals surface area contributed by atoms with Crippen LogP contribution >= 0.6 is 0 Å². The number of nitrogens with zero attached hydrogens (tertiary/aromatic N) is 4. The van der Waals surface area contributed by atoms with Gasteiger partial charge in [0, 0.05) is 30.0 Å². The van der Waals surface area contributed by atoms with Crippen LogP contribution in [0.15, 0.2) is 36.8 Å². The van der Waals surface area contributed by atoms with E-state index in [1.807, 2.05) is 18.2 Å². The van der Waals surface area contributed by atoms with Gasteiger partial charge >= 0.3 is 0 Å². The lowest BCUT2D eigenvalue weighted by Gasteiger charge is -2.42. The van der Waals surface area contributed by atoms with Crippen molar-refractivity contribution in [1.29, 1.82) is 0 Å². The van der Waals surface area contributed by atoms with E-state index in [0.717, 1.165) is 33.8 Å². The van der Waals surface area contributed by atoms with Gasteiger partial charge in [0.15, 0.2) is 0 Å². The summed E-state index contributed by atoms with van der Waals surface area (Å²) < 4.78 is 2.30. The van der Waals surface area contributed by atoms with E-state index in [1.165, 1.54) is 38.9 Å². The van der Waals surface area contributed by atoms with Crippen LogP contribution in [0, 0.1) is 5.92 Å². The quantitative estimate of drug-likeness (QED) is 0.708. The molecular weight excluding hydrogens is 324 g/mol. The van der Waals surface area contributed by atoms with Crippen LogP contribution in [0.4, 0.5) is 11.5 Å². The highest BCUT2D eigenvalue weighted by atomic mass is 15.2. The van der Waals surface area contributed by atoms with Gasteiger partial charge in [0.2, 0.25) is 0 Å². The highest BCUT2D eigenvalue weighted by molar-refractivity contribution is 6.01. The maximum absolute atomic E-state index is 6.22. The van der Waals surface area contributed by atoms with Gasteiger partial charge in [-0.15, -0.1) is 0 Å². The molecule has 0 spiro atoms. The third-order valence-corrected chi connectivity index (χ3v) is 5.91. The van der Waals surface area contributed by atoms with Crippen molar-refractivity contribution in [1.82, 2.24) is 19.4 Å². The minimum absolute atomic E-state index is 0.493. The van der Waals surface area contributed by atoms with Gasteiger partial charge in [0.25, 0.3) is 0 Å². The molecule has 0 amide bonds. The fourth-order valence-electron chi connectivity index (χ4n) is 4.32. The van der Waals surface area contributed by atoms with Crippen molar-refractivity contribution in [3.05, 3.63) is 36.8 Å². The average Bonchev–Trinajstić information content (AvgIpc) is 2.93. The summed E-state index contributed by atoms with van der Waals surface area (Å²) in [5.74, 6) is 1.33. The number of aromatic nitrogens is 3. The predicted molar refractivity (Wildman–Crippen MR) is 105 cm³/mol. The van der Waals surface area contributed by atoms with Crippen LogP contribution in [0.1, 0.15) is 25.3 Å². The van der Waals surface area contributed by atoms with Crippen LogP contribution in [0.2, 0.25) is 0 Å². The minimum Gasteiger partial charge on any atom is -0.399 e. The molecule has 26 heavy (non-hydrogen) atoms. The van der Waals surface area contributed by atoms with Gasteiger partial charge in [0.05, 0.1) is 5.39 Å². The fraction of sp³-hybridized carbons (Fsp3) is 0.400. The van der Waals surface area contributed by atoms with Gasteiger partial charge in [-0.25, -0.2) is 9.97 Å². The first-order valence-corrected chi connectivity index (χ1v) is 9.38. The zero-order valence-corrected chi connectivity index (χ0v) is 14.8. The zero-order chi connectivity index (χ0) is 17.7. The van der Waals surface area contributed by atoms with Crippen molar-refractivity contribution in [2.45, 2.75) is 25.3 Å². The Labute approximate surface area is 152 Å². The first-order valence-electron chi connectivity index (χ1n) is 9.38. The second kappa shape index (κ2) is 5.99. The van der Waals surface area contributed by atoms with Crippen LogP contribution in [0.25, 0.3) is 22.2 Å². The summed E-state index contributed by atoms with van der Waals surface area (Å²) in [6, 6.07) is 8.41. The number of fused-ring (bicyclic) bond motifs is 1. The number of nitrogens with two attached hydrogens (primary N) is 2. The third kappa shape index (κ3) is 2.52. The summed E-state index contributed by atoms with van der Waals surface area (Å²) in [7, 11) is 0. The molecule has 3 aromatic rings. The minimum atomic E-state index is 0.493. The topological polar surface area (TPSA) is 86.0 Å². The van der Waals surface area contributed by atoms with Crippen molar-refractivity contribution < 1.29 is 0 Å². The molecule has 2 aliphatic rings. The number of hydrogen-bond acceptors (Lipinski definition) is 5. The number of benzene rings is 1. The number of rotatable bonds is 4. The lowest BCUT2D eigenvalue weighted by atomic mass is 9.79. The Morgan fingerprint density at radius 3 is 2.69 bits per heavy atom. The van der Waals surface area contributed by atoms with Crippen molar-refractivity contribution in [2.75, 3.05) is 31.1 Å². The van der Waals surface area contributed by atoms with Crippen molar-refractivity contribution in [3.8, 4) is 11.1 Å². The van der Waals surface area contributed by atoms with E-state index in [4.69, 9.17) is 11.5 Å². The Hall–Kier alpha value is -2.60. The molecule has 1 saturated heterocycles. The lowest BCUT2D eigenvalue weighted by molar-refractivity contribution is 0.0921. The summed E-state index contributed by atoms with van der Waals surface area (Å²) in [6.45, 7) is 3.79. The summed E-state index contributed by atoms with van der Waals surface area (Å²) in [6.07, 6.45) is 7.53. The Balaban J connectivity index is 1.50. The molecule has 0 radical (unpaired) electrons. The van der Waals surface area contributed by atoms with E-state index >= 15 is 0 Å². The molecule has 1 aliphatic carbocycles. The zero-order valence-electron chi connectivity index (χ0n) is 14.8. The summed E-state index contributed by atoms with van der Waals surface area (Å²) >= 11 is 0. The van der Waals surface area contributed by atoms with Gasteiger partial charge < -0.3 is 20.9 Å².